The highest BCUT2D eigenvalue weighted by molar-refractivity contribution is 5.79. The number of nitrogens with one attached hydrogen (secondary N) is 2. The molecule has 4 nitrogen and oxygen atoms in total. The summed E-state index contributed by atoms with van der Waals surface area (Å²) in [5.41, 5.74) is 2.17. The lowest BCUT2D eigenvalue weighted by Gasteiger charge is -2.29. The third-order valence-corrected chi connectivity index (χ3v) is 4.61. The second-order valence-corrected chi connectivity index (χ2v) is 6.45. The Kier molecular flexibility index (Phi) is 6.84. The van der Waals surface area contributed by atoms with Gasteiger partial charge in [0.05, 0.1) is 0 Å². The molecule has 0 atom stereocenters. The molecule has 5 heteroatoms. The van der Waals surface area contributed by atoms with Gasteiger partial charge in [-0.25, -0.2) is 4.39 Å². The minimum Gasteiger partial charge on any atom is -0.356 e. The highest BCUT2D eigenvalue weighted by Gasteiger charge is 2.16. The Balaban J connectivity index is 1.70. The highest BCUT2D eigenvalue weighted by Crippen LogP contribution is 2.14. The maximum absolute atomic E-state index is 13.1. The number of piperidine rings is 1. The lowest BCUT2D eigenvalue weighted by atomic mass is 9.97. The Bertz CT molecular complexity index is 522. The number of aliphatic imine (C=N–C) groups is 1. The Morgan fingerprint density at radius 2 is 2.04 bits per heavy atom. The van der Waals surface area contributed by atoms with E-state index in [9.17, 15) is 4.39 Å². The van der Waals surface area contributed by atoms with Gasteiger partial charge in [0.25, 0.3) is 0 Å². The Labute approximate surface area is 139 Å². The van der Waals surface area contributed by atoms with Crippen molar-refractivity contribution in [3.05, 3.63) is 35.1 Å². The monoisotopic (exact) mass is 320 g/mol. The maximum Gasteiger partial charge on any atom is 0.190 e. The van der Waals surface area contributed by atoms with E-state index in [1.54, 1.807) is 13.1 Å². The van der Waals surface area contributed by atoms with Crippen molar-refractivity contribution in [1.29, 1.82) is 0 Å². The van der Waals surface area contributed by atoms with E-state index in [2.05, 4.69) is 27.6 Å². The van der Waals surface area contributed by atoms with E-state index >= 15 is 0 Å². The molecular formula is C18H29FN4. The van der Waals surface area contributed by atoms with Gasteiger partial charge < -0.3 is 15.5 Å². The molecule has 0 aliphatic carbocycles. The van der Waals surface area contributed by atoms with Gasteiger partial charge in [-0.2, -0.15) is 0 Å². The molecule has 0 bridgehead atoms. The topological polar surface area (TPSA) is 39.7 Å². The van der Waals surface area contributed by atoms with Crippen LogP contribution in [0.15, 0.2) is 23.2 Å². The Morgan fingerprint density at radius 1 is 1.30 bits per heavy atom. The van der Waals surface area contributed by atoms with Crippen molar-refractivity contribution in [2.45, 2.75) is 26.2 Å². The second-order valence-electron chi connectivity index (χ2n) is 6.45. The number of likely N-dealkylation sites (tertiary alicyclic amines) is 1. The van der Waals surface area contributed by atoms with Gasteiger partial charge in [-0.3, -0.25) is 4.99 Å². The molecule has 0 amide bonds. The van der Waals surface area contributed by atoms with Crippen LogP contribution in [0.1, 0.15) is 24.0 Å². The number of aryl methyl sites for hydroxylation is 1. The second kappa shape index (κ2) is 8.87. The first kappa shape index (κ1) is 17.7. The third kappa shape index (κ3) is 5.82. The van der Waals surface area contributed by atoms with Crippen LogP contribution in [0.2, 0.25) is 0 Å². The van der Waals surface area contributed by atoms with Gasteiger partial charge in [-0.05, 0) is 75.5 Å². The molecule has 1 aromatic carbocycles. The molecule has 0 saturated carbocycles. The van der Waals surface area contributed by atoms with E-state index in [0.717, 1.165) is 37.0 Å². The predicted molar refractivity (Wildman–Crippen MR) is 94.4 cm³/mol. The Hall–Kier alpha value is -1.62. The average Bonchev–Trinajstić information content (AvgIpc) is 2.54. The van der Waals surface area contributed by atoms with E-state index in [0.29, 0.717) is 0 Å². The molecule has 0 radical (unpaired) electrons. The normalized spacial score (nSPS) is 17.3. The molecule has 1 saturated heterocycles. The summed E-state index contributed by atoms with van der Waals surface area (Å²) in [4.78, 5) is 6.66. The number of rotatable bonds is 5. The molecule has 128 valence electrons. The predicted octanol–water partition coefficient (Wildman–Crippen LogP) is 2.18. The molecule has 1 aliphatic rings. The fourth-order valence-corrected chi connectivity index (χ4v) is 2.98. The fraction of sp³-hybridized carbons (Fsp3) is 0.611. The number of halogens is 1. The number of benzene rings is 1. The minimum absolute atomic E-state index is 0.171. The van der Waals surface area contributed by atoms with E-state index < -0.39 is 0 Å². The van der Waals surface area contributed by atoms with Crippen LogP contribution in [-0.2, 0) is 6.42 Å². The van der Waals surface area contributed by atoms with Gasteiger partial charge in [0, 0.05) is 20.1 Å². The van der Waals surface area contributed by atoms with E-state index in [1.165, 1.54) is 37.6 Å². The van der Waals surface area contributed by atoms with Gasteiger partial charge >= 0.3 is 0 Å². The van der Waals surface area contributed by atoms with Crippen LogP contribution in [0.4, 0.5) is 4.39 Å². The number of nitrogens with zero attached hydrogens (tertiary/aromatic N) is 2. The summed E-state index contributed by atoms with van der Waals surface area (Å²) < 4.78 is 13.1. The zero-order chi connectivity index (χ0) is 16.7. The number of hydrogen-bond acceptors (Lipinski definition) is 2. The van der Waals surface area contributed by atoms with Crippen molar-refractivity contribution < 1.29 is 4.39 Å². The minimum atomic E-state index is -0.171. The van der Waals surface area contributed by atoms with Crippen molar-refractivity contribution in [2.75, 3.05) is 40.3 Å². The zero-order valence-electron chi connectivity index (χ0n) is 14.5. The van der Waals surface area contributed by atoms with Crippen LogP contribution < -0.4 is 10.6 Å². The molecule has 23 heavy (non-hydrogen) atoms. The lowest BCUT2D eigenvalue weighted by molar-refractivity contribution is 0.220. The van der Waals surface area contributed by atoms with Crippen molar-refractivity contribution in [1.82, 2.24) is 15.5 Å². The van der Waals surface area contributed by atoms with Crippen LogP contribution in [0.3, 0.4) is 0 Å². The van der Waals surface area contributed by atoms with Gasteiger partial charge in [0.15, 0.2) is 5.96 Å². The van der Waals surface area contributed by atoms with Gasteiger partial charge in [-0.15, -0.1) is 0 Å². The van der Waals surface area contributed by atoms with E-state index in [-0.39, 0.29) is 5.82 Å². The molecular weight excluding hydrogens is 291 g/mol. The smallest absolute Gasteiger partial charge is 0.190 e. The van der Waals surface area contributed by atoms with Gasteiger partial charge in [-0.1, -0.05) is 6.07 Å². The first-order chi connectivity index (χ1) is 11.1. The molecule has 2 rings (SSSR count). The standard InChI is InChI=1S/C18H29FN4/c1-14-12-17(19)5-4-16(14)6-9-21-18(20-2)22-13-15-7-10-23(3)11-8-15/h4-5,12,15H,6-11,13H2,1-3H3,(H2,20,21,22). The van der Waals surface area contributed by atoms with Crippen LogP contribution >= 0.6 is 0 Å². The van der Waals surface area contributed by atoms with Crippen LogP contribution in [-0.4, -0.2) is 51.1 Å². The van der Waals surface area contributed by atoms with Gasteiger partial charge in [0.1, 0.15) is 5.82 Å². The summed E-state index contributed by atoms with van der Waals surface area (Å²) in [5.74, 6) is 1.41. The van der Waals surface area contributed by atoms with E-state index in [1.807, 2.05) is 13.0 Å². The van der Waals surface area contributed by atoms with Crippen LogP contribution in [0.25, 0.3) is 0 Å². The zero-order valence-corrected chi connectivity index (χ0v) is 14.5. The first-order valence-corrected chi connectivity index (χ1v) is 8.46. The van der Waals surface area contributed by atoms with Crippen molar-refractivity contribution in [3.8, 4) is 0 Å². The summed E-state index contributed by atoms with van der Waals surface area (Å²) in [6.45, 7) is 6.08. The summed E-state index contributed by atoms with van der Waals surface area (Å²) in [6, 6.07) is 4.97. The Morgan fingerprint density at radius 3 is 2.70 bits per heavy atom. The van der Waals surface area contributed by atoms with Gasteiger partial charge in [0.2, 0.25) is 0 Å². The lowest BCUT2D eigenvalue weighted by Crippen LogP contribution is -2.42. The summed E-state index contributed by atoms with van der Waals surface area (Å²) in [7, 11) is 3.98. The first-order valence-electron chi connectivity index (χ1n) is 8.46. The molecule has 0 aromatic heterocycles. The van der Waals surface area contributed by atoms with Crippen molar-refractivity contribution in [2.24, 2.45) is 10.9 Å². The third-order valence-electron chi connectivity index (χ3n) is 4.61. The molecule has 1 fully saturated rings. The SMILES string of the molecule is CN=C(NCCc1ccc(F)cc1C)NCC1CCN(C)CC1. The van der Waals surface area contributed by atoms with Crippen molar-refractivity contribution in [3.63, 3.8) is 0 Å². The molecule has 1 heterocycles. The van der Waals surface area contributed by atoms with Crippen molar-refractivity contribution >= 4 is 5.96 Å². The molecule has 1 aromatic rings. The number of hydrogen-bond donors (Lipinski definition) is 2. The van der Waals surface area contributed by atoms with Crippen LogP contribution in [0, 0.1) is 18.7 Å². The average molecular weight is 320 g/mol. The summed E-state index contributed by atoms with van der Waals surface area (Å²) in [6.07, 6.45) is 3.35. The summed E-state index contributed by atoms with van der Waals surface area (Å²) >= 11 is 0. The van der Waals surface area contributed by atoms with E-state index in [4.69, 9.17) is 0 Å². The number of guanidine groups is 1. The maximum atomic E-state index is 13.1. The molecule has 0 spiro atoms. The molecule has 1 aliphatic heterocycles. The highest BCUT2D eigenvalue weighted by atomic mass is 19.1. The summed E-state index contributed by atoms with van der Waals surface area (Å²) in [5, 5.41) is 6.77. The van der Waals surface area contributed by atoms with Crippen LogP contribution in [0.5, 0.6) is 0 Å². The molecule has 0 unspecified atom stereocenters. The largest absolute Gasteiger partial charge is 0.356 e. The fourth-order valence-electron chi connectivity index (χ4n) is 2.98. The molecule has 2 N–H and O–H groups in total. The quantitative estimate of drug-likeness (QED) is 0.645.